The van der Waals surface area contributed by atoms with E-state index in [-0.39, 0.29) is 10.1 Å². The van der Waals surface area contributed by atoms with Gasteiger partial charge in [0.1, 0.15) is 10.1 Å². The van der Waals surface area contributed by atoms with Crippen LogP contribution in [0.15, 0.2) is 18.2 Å². The van der Waals surface area contributed by atoms with Gasteiger partial charge >= 0.3 is 0 Å². The van der Waals surface area contributed by atoms with Crippen molar-refractivity contribution in [1.82, 2.24) is 0 Å². The van der Waals surface area contributed by atoms with Crippen LogP contribution >= 0.6 is 23.8 Å². The van der Waals surface area contributed by atoms with Gasteiger partial charge in [-0.2, -0.15) is 0 Å². The zero-order valence-electron chi connectivity index (χ0n) is 5.90. The first-order chi connectivity index (χ1) is 5.11. The van der Waals surface area contributed by atoms with E-state index in [1.54, 1.807) is 13.0 Å². The van der Waals surface area contributed by atoms with Crippen molar-refractivity contribution in [3.8, 4) is 0 Å². The maximum Gasteiger partial charge on any atom is 0.123 e. The number of halogens is 2. The summed E-state index contributed by atoms with van der Waals surface area (Å²) in [4.78, 5) is 0. The third kappa shape index (κ3) is 1.98. The van der Waals surface area contributed by atoms with Crippen LogP contribution in [0.2, 0.25) is 0 Å². The van der Waals surface area contributed by atoms with Crippen LogP contribution in [0.3, 0.4) is 0 Å². The molecule has 0 aliphatic rings. The molecule has 58 valence electrons. The lowest BCUT2D eigenvalue weighted by Crippen LogP contribution is -1.92. The Morgan fingerprint density at radius 1 is 1.55 bits per heavy atom. The Hall–Kier alpha value is -0.470. The number of hydrogen-bond acceptors (Lipinski definition) is 1. The normalized spacial score (nSPS) is 9.73. The summed E-state index contributed by atoms with van der Waals surface area (Å²) in [5, 5.41) is 0. The molecule has 1 rings (SSSR count). The fourth-order valence-corrected chi connectivity index (χ4v) is 1.29. The van der Waals surface area contributed by atoms with Gasteiger partial charge in [-0.1, -0.05) is 23.8 Å². The molecule has 0 amide bonds. The van der Waals surface area contributed by atoms with Gasteiger partial charge in [0.05, 0.1) is 0 Å². The molecule has 0 radical (unpaired) electrons. The van der Waals surface area contributed by atoms with Crippen molar-refractivity contribution in [2.45, 2.75) is 6.92 Å². The smallest absolute Gasteiger partial charge is 0.123 e. The molecule has 3 heteroatoms. The van der Waals surface area contributed by atoms with Crippen molar-refractivity contribution in [2.24, 2.45) is 0 Å². The van der Waals surface area contributed by atoms with Gasteiger partial charge in [-0.3, -0.25) is 0 Å². The Bertz CT molecular complexity index is 296. The van der Waals surface area contributed by atoms with E-state index < -0.39 is 0 Å². The highest BCUT2D eigenvalue weighted by atomic mass is 35.5. The van der Waals surface area contributed by atoms with Gasteiger partial charge in [0.15, 0.2) is 0 Å². The molecule has 1 aromatic rings. The van der Waals surface area contributed by atoms with E-state index in [4.69, 9.17) is 23.8 Å². The molecular formula is C8H6ClFS. The van der Waals surface area contributed by atoms with Gasteiger partial charge in [-0.25, -0.2) is 4.39 Å². The van der Waals surface area contributed by atoms with E-state index in [1.165, 1.54) is 12.1 Å². The molecule has 0 atom stereocenters. The van der Waals surface area contributed by atoms with Crippen LogP contribution in [-0.2, 0) is 0 Å². The molecule has 11 heavy (non-hydrogen) atoms. The Labute approximate surface area is 75.0 Å². The summed E-state index contributed by atoms with van der Waals surface area (Å²) in [6, 6.07) is 4.33. The van der Waals surface area contributed by atoms with Gasteiger partial charge in [0.2, 0.25) is 0 Å². The van der Waals surface area contributed by atoms with E-state index >= 15 is 0 Å². The fraction of sp³-hybridized carbons (Fsp3) is 0.125. The average Bonchev–Trinajstić information content (AvgIpc) is 1.85. The molecule has 0 bridgehead atoms. The minimum Gasteiger partial charge on any atom is -0.207 e. The van der Waals surface area contributed by atoms with Crippen molar-refractivity contribution in [3.63, 3.8) is 0 Å². The van der Waals surface area contributed by atoms with Crippen LogP contribution in [0.1, 0.15) is 11.1 Å². The summed E-state index contributed by atoms with van der Waals surface area (Å²) in [5.74, 6) is -0.265. The van der Waals surface area contributed by atoms with Crippen molar-refractivity contribution in [1.29, 1.82) is 0 Å². The Morgan fingerprint density at radius 2 is 2.18 bits per heavy atom. The molecule has 0 nitrogen and oxygen atoms in total. The average molecular weight is 189 g/mol. The standard InChI is InChI=1S/C8H6ClFS/c1-5-4-6(10)2-3-7(5)8(9)11/h2-4H,1H3. The number of benzene rings is 1. The second-order valence-electron chi connectivity index (χ2n) is 2.23. The third-order valence-corrected chi connectivity index (χ3v) is 1.82. The van der Waals surface area contributed by atoms with Gasteiger partial charge in [-0.05, 0) is 30.7 Å². The summed E-state index contributed by atoms with van der Waals surface area (Å²) >= 11 is 10.3. The number of hydrogen-bond donors (Lipinski definition) is 0. The minimum absolute atomic E-state index is 0.265. The van der Waals surface area contributed by atoms with Gasteiger partial charge < -0.3 is 0 Å². The fourth-order valence-electron chi connectivity index (χ4n) is 0.848. The zero-order chi connectivity index (χ0) is 8.43. The Kier molecular flexibility index (Phi) is 2.58. The maximum atomic E-state index is 12.5. The van der Waals surface area contributed by atoms with Gasteiger partial charge in [0, 0.05) is 5.56 Å². The first-order valence-electron chi connectivity index (χ1n) is 3.07. The minimum atomic E-state index is -0.265. The summed E-state index contributed by atoms with van der Waals surface area (Å²) < 4.78 is 12.8. The topological polar surface area (TPSA) is 0 Å². The van der Waals surface area contributed by atoms with Crippen molar-refractivity contribution >= 4 is 28.1 Å². The van der Waals surface area contributed by atoms with Crippen LogP contribution in [0.5, 0.6) is 0 Å². The molecule has 0 spiro atoms. The maximum absolute atomic E-state index is 12.5. The van der Waals surface area contributed by atoms with E-state index in [0.29, 0.717) is 0 Å². The molecule has 0 aliphatic heterocycles. The second kappa shape index (κ2) is 3.28. The molecule has 0 fully saturated rings. The highest BCUT2D eigenvalue weighted by Crippen LogP contribution is 2.12. The predicted molar refractivity (Wildman–Crippen MR) is 48.7 cm³/mol. The van der Waals surface area contributed by atoms with E-state index in [0.717, 1.165) is 11.1 Å². The number of thiocarbonyl (C=S) groups is 1. The molecule has 0 saturated carbocycles. The van der Waals surface area contributed by atoms with E-state index in [9.17, 15) is 4.39 Å². The molecule has 0 N–H and O–H groups in total. The van der Waals surface area contributed by atoms with Crippen molar-refractivity contribution in [2.75, 3.05) is 0 Å². The summed E-state index contributed by atoms with van der Waals surface area (Å²) in [5.41, 5.74) is 1.49. The van der Waals surface area contributed by atoms with Gasteiger partial charge in [0.25, 0.3) is 0 Å². The highest BCUT2D eigenvalue weighted by Gasteiger charge is 2.01. The summed E-state index contributed by atoms with van der Waals surface area (Å²) in [7, 11) is 0. The first kappa shape index (κ1) is 8.62. The van der Waals surface area contributed by atoms with Gasteiger partial charge in [-0.15, -0.1) is 0 Å². The van der Waals surface area contributed by atoms with E-state index in [2.05, 4.69) is 0 Å². The highest BCUT2D eigenvalue weighted by molar-refractivity contribution is 7.83. The quantitative estimate of drug-likeness (QED) is 0.482. The molecule has 0 aromatic heterocycles. The molecule has 0 aliphatic carbocycles. The van der Waals surface area contributed by atoms with Crippen molar-refractivity contribution in [3.05, 3.63) is 35.1 Å². The Balaban J connectivity index is 3.20. The molecule has 0 saturated heterocycles. The largest absolute Gasteiger partial charge is 0.207 e. The molecule has 1 aromatic carbocycles. The van der Waals surface area contributed by atoms with Crippen LogP contribution < -0.4 is 0 Å². The van der Waals surface area contributed by atoms with Crippen LogP contribution in [0.4, 0.5) is 4.39 Å². The predicted octanol–water partition coefficient (Wildman–Crippen LogP) is 3.05. The first-order valence-corrected chi connectivity index (χ1v) is 3.86. The number of rotatable bonds is 1. The molecular weight excluding hydrogens is 183 g/mol. The monoisotopic (exact) mass is 188 g/mol. The second-order valence-corrected chi connectivity index (χ2v) is 3.24. The van der Waals surface area contributed by atoms with Crippen LogP contribution in [-0.4, -0.2) is 4.32 Å². The van der Waals surface area contributed by atoms with Crippen LogP contribution in [0.25, 0.3) is 0 Å². The molecule has 0 heterocycles. The van der Waals surface area contributed by atoms with Crippen LogP contribution in [0, 0.1) is 12.7 Å². The molecule has 0 unspecified atom stereocenters. The lowest BCUT2D eigenvalue weighted by atomic mass is 10.1. The number of aryl methyl sites for hydroxylation is 1. The summed E-state index contributed by atoms with van der Waals surface area (Å²) in [6.07, 6.45) is 0. The third-order valence-electron chi connectivity index (χ3n) is 1.40. The zero-order valence-corrected chi connectivity index (χ0v) is 7.47. The summed E-state index contributed by atoms with van der Waals surface area (Å²) in [6.45, 7) is 1.77. The lowest BCUT2D eigenvalue weighted by Gasteiger charge is -2.00. The van der Waals surface area contributed by atoms with E-state index in [1.807, 2.05) is 0 Å². The van der Waals surface area contributed by atoms with Crippen molar-refractivity contribution < 1.29 is 4.39 Å². The lowest BCUT2D eigenvalue weighted by molar-refractivity contribution is 0.626. The SMILES string of the molecule is Cc1cc(F)ccc1C(=S)Cl. The Morgan fingerprint density at radius 3 is 2.64 bits per heavy atom.